The van der Waals surface area contributed by atoms with E-state index in [4.69, 9.17) is 0 Å². The molecule has 2 radical (unpaired) electrons. The molecule has 0 N–H and O–H groups in total. The zero-order chi connectivity index (χ0) is 9.00. The summed E-state index contributed by atoms with van der Waals surface area (Å²) in [5.74, 6) is 3.64. The van der Waals surface area contributed by atoms with Gasteiger partial charge in [0.15, 0.2) is 0 Å². The molecule has 0 heterocycles. The van der Waals surface area contributed by atoms with Crippen LogP contribution in [0.5, 0.6) is 0 Å². The van der Waals surface area contributed by atoms with E-state index in [2.05, 4.69) is 25.2 Å². The molecule has 0 unspecified atom stereocenters. The van der Waals surface area contributed by atoms with Crippen LogP contribution in [-0.2, 0) is 0 Å². The van der Waals surface area contributed by atoms with Gasteiger partial charge in [0.05, 0.1) is 0 Å². The third-order valence-electron chi connectivity index (χ3n) is 3.97. The Balaban J connectivity index is 2.00. The van der Waals surface area contributed by atoms with E-state index in [9.17, 15) is 0 Å². The van der Waals surface area contributed by atoms with Crippen molar-refractivity contribution >= 4 is 25.6 Å². The second-order valence-electron chi connectivity index (χ2n) is 4.51. The number of hydrogen-bond acceptors (Lipinski definition) is 0. The van der Waals surface area contributed by atoms with Crippen molar-refractivity contribution in [3.8, 4) is 0 Å². The summed E-state index contributed by atoms with van der Waals surface area (Å²) in [6.07, 6.45) is 10.2. The van der Waals surface area contributed by atoms with Crippen molar-refractivity contribution in [3.63, 3.8) is 0 Å². The topological polar surface area (TPSA) is 0 Å². The minimum atomic E-state index is 0.898. The molecule has 13 heavy (non-hydrogen) atoms. The Morgan fingerprint density at radius 2 is 2.15 bits per heavy atom. The molecule has 4 atom stereocenters. The predicted molar refractivity (Wildman–Crippen MR) is 56.9 cm³/mol. The Labute approximate surface area is 92.7 Å². The summed E-state index contributed by atoms with van der Waals surface area (Å²) in [7, 11) is 0. The maximum absolute atomic E-state index is 2.59. The Morgan fingerprint density at radius 1 is 1.38 bits per heavy atom. The molecule has 3 rings (SSSR count). The van der Waals surface area contributed by atoms with E-state index in [1.807, 2.05) is 0 Å². The number of fused-ring (bicyclic) bond motifs is 5. The van der Waals surface area contributed by atoms with Crippen molar-refractivity contribution in [2.45, 2.75) is 19.8 Å². The molecule has 3 aliphatic rings. The van der Waals surface area contributed by atoms with Gasteiger partial charge in [-0.1, -0.05) is 0 Å². The number of allylic oxidation sites excluding steroid dienone is 4. The van der Waals surface area contributed by atoms with Gasteiger partial charge in [0.1, 0.15) is 0 Å². The van der Waals surface area contributed by atoms with Gasteiger partial charge in [-0.3, -0.25) is 0 Å². The van der Waals surface area contributed by atoms with Gasteiger partial charge in [-0.15, -0.1) is 0 Å². The van der Waals surface area contributed by atoms with Crippen LogP contribution in [0.1, 0.15) is 19.8 Å². The monoisotopic (exact) mass is 278 g/mol. The summed E-state index contributed by atoms with van der Waals surface area (Å²) in [5.41, 5.74) is 1.69. The van der Waals surface area contributed by atoms with Gasteiger partial charge in [0.2, 0.25) is 0 Å². The van der Waals surface area contributed by atoms with Crippen LogP contribution in [0.15, 0.2) is 23.8 Å². The Hall–Kier alpha value is 0.149. The van der Waals surface area contributed by atoms with E-state index in [0.29, 0.717) is 0 Å². The van der Waals surface area contributed by atoms with Crippen molar-refractivity contribution in [2.75, 3.05) is 0 Å². The van der Waals surface area contributed by atoms with E-state index in [1.54, 1.807) is 31.1 Å². The Morgan fingerprint density at radius 3 is 2.85 bits per heavy atom. The molecule has 0 saturated heterocycles. The third-order valence-corrected chi connectivity index (χ3v) is 5.84. The molecule has 0 aliphatic heterocycles. The van der Waals surface area contributed by atoms with E-state index in [-0.39, 0.29) is 0 Å². The molecule has 0 aromatic rings. The zero-order valence-corrected chi connectivity index (χ0v) is 10.8. The average Bonchev–Trinajstić information content (AvgIpc) is 2.76. The fourth-order valence-corrected chi connectivity index (χ4v) is 5.24. The maximum atomic E-state index is 2.59. The van der Waals surface area contributed by atoms with Gasteiger partial charge >= 0.3 is 92.8 Å². The van der Waals surface area contributed by atoms with Gasteiger partial charge in [-0.2, -0.15) is 0 Å². The first-order valence-electron chi connectivity index (χ1n) is 5.29. The first-order valence-corrected chi connectivity index (χ1v) is 6.71. The molecule has 0 aromatic carbocycles. The second kappa shape index (κ2) is 2.82. The van der Waals surface area contributed by atoms with Crippen LogP contribution in [-0.4, -0.2) is 25.6 Å². The van der Waals surface area contributed by atoms with Gasteiger partial charge in [0.25, 0.3) is 0 Å². The van der Waals surface area contributed by atoms with Crippen LogP contribution >= 0.6 is 0 Å². The molecule has 1 heteroatoms. The van der Waals surface area contributed by atoms with Gasteiger partial charge in [0, 0.05) is 0 Å². The molecule has 0 nitrogen and oxygen atoms in total. The quantitative estimate of drug-likeness (QED) is 0.508. The van der Waals surface area contributed by atoms with Gasteiger partial charge < -0.3 is 0 Å². The SMILES string of the molecule is CCC1=C[C@H]2[C@@H]([C]1=[Sn])[C@@H]1C=C[C@H]2C1. The van der Waals surface area contributed by atoms with Crippen molar-refractivity contribution in [3.05, 3.63) is 23.8 Å². The summed E-state index contributed by atoms with van der Waals surface area (Å²) in [4.78, 5) is 0. The van der Waals surface area contributed by atoms with E-state index in [1.165, 1.54) is 12.8 Å². The molecule has 66 valence electrons. The fourth-order valence-electron chi connectivity index (χ4n) is 3.34. The van der Waals surface area contributed by atoms with Gasteiger partial charge in [-0.25, -0.2) is 0 Å². The van der Waals surface area contributed by atoms with Crippen LogP contribution < -0.4 is 0 Å². The van der Waals surface area contributed by atoms with Crippen LogP contribution in [0, 0.1) is 23.7 Å². The second-order valence-corrected chi connectivity index (χ2v) is 6.05. The summed E-state index contributed by atoms with van der Waals surface area (Å²) in [6, 6.07) is 0. The standard InChI is InChI=1S/C12H14.Sn/c1-2-8-5-11-9-3-4-10(7-9)12(11)6-8;/h3-5,9-12H,2,7H2,1H3;/t9-,10+,11+,12-;/m0./s1. The fraction of sp³-hybridized carbons (Fsp3) is 0.583. The molecule has 2 bridgehead atoms. The van der Waals surface area contributed by atoms with Crippen LogP contribution in [0.3, 0.4) is 0 Å². The van der Waals surface area contributed by atoms with E-state index in [0.717, 1.165) is 23.7 Å². The summed E-state index contributed by atoms with van der Waals surface area (Å²) < 4.78 is 1.79. The Bertz CT molecular complexity index is 324. The van der Waals surface area contributed by atoms with Crippen LogP contribution in [0.2, 0.25) is 0 Å². The molecular formula is C12H14Sn. The molecule has 0 aromatic heterocycles. The normalized spacial score (nSPS) is 45.6. The third kappa shape index (κ3) is 1.01. The van der Waals surface area contributed by atoms with Crippen LogP contribution in [0.4, 0.5) is 0 Å². The molecule has 3 aliphatic carbocycles. The molecule has 1 saturated carbocycles. The number of rotatable bonds is 1. The first kappa shape index (κ1) is 8.46. The number of hydrogen-bond donors (Lipinski definition) is 0. The van der Waals surface area contributed by atoms with E-state index >= 15 is 0 Å². The Kier molecular flexibility index (Phi) is 1.83. The molecule has 1 fully saturated rings. The predicted octanol–water partition coefficient (Wildman–Crippen LogP) is 2.12. The zero-order valence-electron chi connectivity index (χ0n) is 7.96. The summed E-state index contributed by atoms with van der Waals surface area (Å²) in [6.45, 7) is 2.30. The summed E-state index contributed by atoms with van der Waals surface area (Å²) in [5, 5.41) is 0. The van der Waals surface area contributed by atoms with Crippen molar-refractivity contribution in [2.24, 2.45) is 23.7 Å². The van der Waals surface area contributed by atoms with E-state index < -0.39 is 0 Å². The molecule has 0 spiro atoms. The average molecular weight is 277 g/mol. The van der Waals surface area contributed by atoms with Crippen molar-refractivity contribution in [1.82, 2.24) is 0 Å². The first-order chi connectivity index (χ1) is 6.31. The summed E-state index contributed by atoms with van der Waals surface area (Å²) >= 11 is 1.67. The molecular weight excluding hydrogens is 263 g/mol. The van der Waals surface area contributed by atoms with Gasteiger partial charge in [-0.05, 0) is 0 Å². The van der Waals surface area contributed by atoms with Crippen LogP contribution in [0.25, 0.3) is 0 Å². The van der Waals surface area contributed by atoms with Crippen molar-refractivity contribution in [1.29, 1.82) is 0 Å². The molecule has 0 amide bonds. The minimum absolute atomic E-state index is 0.898. The van der Waals surface area contributed by atoms with Crippen molar-refractivity contribution < 1.29 is 0 Å².